The Hall–Kier alpha value is -2.53. The molecule has 0 atom stereocenters. The van der Waals surface area contributed by atoms with E-state index in [4.69, 9.17) is 0 Å². The molecule has 27 heavy (non-hydrogen) atoms. The van der Waals surface area contributed by atoms with Gasteiger partial charge in [-0.05, 0) is 54.5 Å². The molecule has 0 N–H and O–H groups in total. The Labute approximate surface area is 164 Å². The molecule has 0 aliphatic carbocycles. The van der Waals surface area contributed by atoms with Crippen molar-refractivity contribution < 1.29 is 9.59 Å². The number of carbonyl (C=O) groups excluding carboxylic acids is 2. The van der Waals surface area contributed by atoms with E-state index in [9.17, 15) is 9.59 Å². The van der Waals surface area contributed by atoms with E-state index in [2.05, 4.69) is 0 Å². The molecule has 2 aromatic carbocycles. The van der Waals surface area contributed by atoms with Crippen molar-refractivity contribution >= 4 is 40.5 Å². The van der Waals surface area contributed by atoms with Crippen molar-refractivity contribution in [2.45, 2.75) is 20.8 Å². The zero-order valence-electron chi connectivity index (χ0n) is 16.4. The number of anilines is 2. The largest absolute Gasteiger partial charge is 0.378 e. The normalized spacial score (nSPS) is 14.3. The fourth-order valence-corrected chi connectivity index (χ4v) is 3.94. The van der Waals surface area contributed by atoms with Crippen LogP contribution in [0, 0.1) is 13.8 Å². The highest BCUT2D eigenvalue weighted by molar-refractivity contribution is 8.04. The third-order valence-electron chi connectivity index (χ3n) is 4.73. The Morgan fingerprint density at radius 1 is 0.963 bits per heavy atom. The van der Waals surface area contributed by atoms with Gasteiger partial charge in [0.2, 0.25) is 0 Å². The number of rotatable bonds is 5. The summed E-state index contributed by atoms with van der Waals surface area (Å²) in [5.41, 5.74) is 5.12. The van der Waals surface area contributed by atoms with Crippen LogP contribution in [0.1, 0.15) is 23.6 Å². The van der Waals surface area contributed by atoms with Crippen molar-refractivity contribution in [2.24, 2.45) is 0 Å². The van der Waals surface area contributed by atoms with E-state index in [0.29, 0.717) is 16.2 Å². The van der Waals surface area contributed by atoms with Crippen LogP contribution in [0.4, 0.5) is 11.4 Å². The average Bonchev–Trinajstić information content (AvgIpc) is 2.88. The van der Waals surface area contributed by atoms with Crippen LogP contribution in [0.25, 0.3) is 5.57 Å². The highest BCUT2D eigenvalue weighted by atomic mass is 32.2. The lowest BCUT2D eigenvalue weighted by Gasteiger charge is -2.19. The SMILES string of the molecule is CCSC1=C(c2ccc(C)c(C)c2)C(=O)N(c2cccc(N(C)C)c2)C1=O. The Morgan fingerprint density at radius 2 is 1.70 bits per heavy atom. The maximum atomic E-state index is 13.3. The zero-order chi connectivity index (χ0) is 19.7. The standard InChI is InChI=1S/C22H24N2O2S/c1-6-27-20-19(16-11-10-14(2)15(3)12-16)21(25)24(22(20)26)18-9-7-8-17(13-18)23(4)5/h7-13H,6H2,1-5H3. The summed E-state index contributed by atoms with van der Waals surface area (Å²) in [5.74, 6) is 0.236. The first kappa shape index (κ1) is 19.2. The highest BCUT2D eigenvalue weighted by Gasteiger charge is 2.40. The minimum Gasteiger partial charge on any atom is -0.378 e. The molecule has 140 valence electrons. The van der Waals surface area contributed by atoms with Gasteiger partial charge in [-0.2, -0.15) is 0 Å². The summed E-state index contributed by atoms with van der Waals surface area (Å²) in [4.78, 5) is 30.2. The second-order valence-electron chi connectivity index (χ2n) is 6.80. The molecule has 1 heterocycles. The van der Waals surface area contributed by atoms with E-state index in [-0.39, 0.29) is 11.8 Å². The lowest BCUT2D eigenvalue weighted by molar-refractivity contribution is -0.119. The van der Waals surface area contributed by atoms with E-state index in [0.717, 1.165) is 28.1 Å². The van der Waals surface area contributed by atoms with Crippen molar-refractivity contribution in [2.75, 3.05) is 29.6 Å². The van der Waals surface area contributed by atoms with Gasteiger partial charge in [-0.3, -0.25) is 9.59 Å². The molecule has 1 aliphatic rings. The van der Waals surface area contributed by atoms with Crippen LogP contribution < -0.4 is 9.80 Å². The number of benzene rings is 2. The van der Waals surface area contributed by atoms with E-state index >= 15 is 0 Å². The molecule has 0 fully saturated rings. The Balaban J connectivity index is 2.10. The lowest BCUT2D eigenvalue weighted by Crippen LogP contribution is -2.31. The summed E-state index contributed by atoms with van der Waals surface area (Å²) >= 11 is 1.43. The number of nitrogens with zero attached hydrogens (tertiary/aromatic N) is 2. The van der Waals surface area contributed by atoms with E-state index in [1.54, 1.807) is 6.07 Å². The summed E-state index contributed by atoms with van der Waals surface area (Å²) < 4.78 is 0. The molecule has 0 radical (unpaired) electrons. The maximum absolute atomic E-state index is 13.3. The minimum absolute atomic E-state index is 0.240. The van der Waals surface area contributed by atoms with Crippen LogP contribution in [0.3, 0.4) is 0 Å². The smallest absolute Gasteiger partial charge is 0.272 e. The first-order valence-electron chi connectivity index (χ1n) is 8.96. The summed E-state index contributed by atoms with van der Waals surface area (Å²) in [6, 6.07) is 13.4. The quantitative estimate of drug-likeness (QED) is 0.721. The molecule has 2 aromatic rings. The molecule has 0 spiro atoms. The number of hydrogen-bond donors (Lipinski definition) is 0. The maximum Gasteiger partial charge on any atom is 0.272 e. The topological polar surface area (TPSA) is 40.6 Å². The number of aryl methyl sites for hydroxylation is 2. The van der Waals surface area contributed by atoms with Crippen LogP contribution in [0.15, 0.2) is 47.4 Å². The van der Waals surface area contributed by atoms with Crippen LogP contribution in [-0.2, 0) is 9.59 Å². The number of imide groups is 1. The van der Waals surface area contributed by atoms with Crippen molar-refractivity contribution in [3.05, 3.63) is 64.1 Å². The summed E-state index contributed by atoms with van der Waals surface area (Å²) in [6.07, 6.45) is 0. The first-order chi connectivity index (χ1) is 12.8. The Bertz CT molecular complexity index is 947. The molecule has 0 bridgehead atoms. The molecule has 2 amide bonds. The molecule has 0 saturated carbocycles. The molecule has 0 aromatic heterocycles. The predicted molar refractivity (Wildman–Crippen MR) is 114 cm³/mol. The van der Waals surface area contributed by atoms with Crippen LogP contribution >= 0.6 is 11.8 Å². The van der Waals surface area contributed by atoms with E-state index in [1.807, 2.05) is 76.2 Å². The number of hydrogen-bond acceptors (Lipinski definition) is 4. The average molecular weight is 381 g/mol. The van der Waals surface area contributed by atoms with Gasteiger partial charge in [-0.1, -0.05) is 31.2 Å². The van der Waals surface area contributed by atoms with Gasteiger partial charge in [0.1, 0.15) is 0 Å². The second-order valence-corrected chi connectivity index (χ2v) is 8.07. The van der Waals surface area contributed by atoms with Gasteiger partial charge in [0.05, 0.1) is 16.2 Å². The lowest BCUT2D eigenvalue weighted by atomic mass is 10.0. The molecule has 1 aliphatic heterocycles. The first-order valence-corrected chi connectivity index (χ1v) is 9.94. The van der Waals surface area contributed by atoms with Gasteiger partial charge in [-0.25, -0.2) is 4.90 Å². The van der Waals surface area contributed by atoms with Crippen molar-refractivity contribution in [3.63, 3.8) is 0 Å². The van der Waals surface area contributed by atoms with Gasteiger partial charge in [-0.15, -0.1) is 11.8 Å². The van der Waals surface area contributed by atoms with Gasteiger partial charge in [0.25, 0.3) is 11.8 Å². The zero-order valence-corrected chi connectivity index (χ0v) is 17.2. The van der Waals surface area contributed by atoms with Crippen molar-refractivity contribution in [3.8, 4) is 0 Å². The molecule has 5 heteroatoms. The van der Waals surface area contributed by atoms with Gasteiger partial charge in [0, 0.05) is 19.8 Å². The van der Waals surface area contributed by atoms with E-state index in [1.165, 1.54) is 16.7 Å². The third-order valence-corrected chi connectivity index (χ3v) is 5.69. The molecular formula is C22H24N2O2S. The second kappa shape index (κ2) is 7.61. The summed E-state index contributed by atoms with van der Waals surface area (Å²) in [7, 11) is 3.87. The van der Waals surface area contributed by atoms with Gasteiger partial charge >= 0.3 is 0 Å². The Morgan fingerprint density at radius 3 is 2.33 bits per heavy atom. The van der Waals surface area contributed by atoms with Crippen molar-refractivity contribution in [1.29, 1.82) is 0 Å². The molecule has 0 unspecified atom stereocenters. The number of thioether (sulfide) groups is 1. The molecular weight excluding hydrogens is 356 g/mol. The fraction of sp³-hybridized carbons (Fsp3) is 0.273. The predicted octanol–water partition coefficient (Wildman–Crippen LogP) is 4.41. The van der Waals surface area contributed by atoms with E-state index < -0.39 is 0 Å². The molecule has 3 rings (SSSR count). The fourth-order valence-electron chi connectivity index (χ4n) is 3.08. The highest BCUT2D eigenvalue weighted by Crippen LogP contribution is 2.39. The summed E-state index contributed by atoms with van der Waals surface area (Å²) in [6.45, 7) is 6.05. The number of carbonyl (C=O) groups is 2. The molecule has 0 saturated heterocycles. The number of amides is 2. The van der Waals surface area contributed by atoms with Gasteiger partial charge in [0.15, 0.2) is 0 Å². The monoisotopic (exact) mass is 380 g/mol. The van der Waals surface area contributed by atoms with Gasteiger partial charge < -0.3 is 4.90 Å². The van der Waals surface area contributed by atoms with Crippen LogP contribution in [0.5, 0.6) is 0 Å². The summed E-state index contributed by atoms with van der Waals surface area (Å²) in [5, 5.41) is 0. The van der Waals surface area contributed by atoms with Crippen LogP contribution in [-0.4, -0.2) is 31.7 Å². The third kappa shape index (κ3) is 3.52. The van der Waals surface area contributed by atoms with Crippen molar-refractivity contribution in [1.82, 2.24) is 0 Å². The minimum atomic E-state index is -0.255. The van der Waals surface area contributed by atoms with Crippen LogP contribution in [0.2, 0.25) is 0 Å². The molecule has 4 nitrogen and oxygen atoms in total. The Kier molecular flexibility index (Phi) is 5.42.